The molecule has 1 N–H and O–H groups in total. The van der Waals surface area contributed by atoms with Crippen molar-refractivity contribution in [1.82, 2.24) is 15.0 Å². The molecule has 0 unspecified atom stereocenters. The standard InChI is InChI=1S/C22H24ClN7O3/c23-18-4-2-1-3-17(18)19-6-5-16(33-19)15-24-28-20-25-21(29-7-11-31-12-8-29)27-22(26-20)30-9-13-32-14-10-30/h1-6,15H,7-14H2,(H,25,26,27,28)/b24-15-. The van der Waals surface area contributed by atoms with E-state index < -0.39 is 0 Å². The molecule has 0 bridgehead atoms. The fourth-order valence-electron chi connectivity index (χ4n) is 3.60. The maximum absolute atomic E-state index is 6.26. The molecule has 172 valence electrons. The van der Waals surface area contributed by atoms with Crippen LogP contribution in [0.15, 0.2) is 45.9 Å². The molecule has 2 aliphatic heterocycles. The highest BCUT2D eigenvalue weighted by Gasteiger charge is 2.20. The fourth-order valence-corrected chi connectivity index (χ4v) is 3.82. The summed E-state index contributed by atoms with van der Waals surface area (Å²) >= 11 is 6.26. The maximum atomic E-state index is 6.26. The van der Waals surface area contributed by atoms with E-state index in [-0.39, 0.29) is 0 Å². The predicted octanol–water partition coefficient (Wildman–Crippen LogP) is 2.90. The third-order valence-corrected chi connectivity index (χ3v) is 5.65. The van der Waals surface area contributed by atoms with E-state index in [1.165, 1.54) is 0 Å². The van der Waals surface area contributed by atoms with Gasteiger partial charge in [0.2, 0.25) is 17.8 Å². The SMILES string of the molecule is Clc1ccccc1-c1ccc(/C=N\Nc2nc(N3CCOCC3)nc(N3CCOCC3)n2)o1. The van der Waals surface area contributed by atoms with Gasteiger partial charge in [0.1, 0.15) is 11.5 Å². The topological polar surface area (TPSA) is 101 Å². The molecule has 0 aliphatic carbocycles. The van der Waals surface area contributed by atoms with Crippen LogP contribution in [0, 0.1) is 0 Å². The Hall–Kier alpha value is -3.21. The van der Waals surface area contributed by atoms with Crippen LogP contribution >= 0.6 is 11.6 Å². The van der Waals surface area contributed by atoms with Gasteiger partial charge in [0.25, 0.3) is 0 Å². The summed E-state index contributed by atoms with van der Waals surface area (Å²) in [6.45, 7) is 5.49. The van der Waals surface area contributed by atoms with Crippen LogP contribution in [0.4, 0.5) is 17.8 Å². The van der Waals surface area contributed by atoms with Crippen LogP contribution in [-0.2, 0) is 9.47 Å². The lowest BCUT2D eigenvalue weighted by Gasteiger charge is -2.30. The third kappa shape index (κ3) is 5.24. The van der Waals surface area contributed by atoms with Gasteiger partial charge in [-0.3, -0.25) is 0 Å². The molecule has 0 radical (unpaired) electrons. The number of hydrogen-bond donors (Lipinski definition) is 1. The van der Waals surface area contributed by atoms with Crippen LogP contribution in [0.5, 0.6) is 0 Å². The van der Waals surface area contributed by atoms with Gasteiger partial charge in [0.15, 0.2) is 0 Å². The van der Waals surface area contributed by atoms with Crippen LogP contribution < -0.4 is 15.2 Å². The van der Waals surface area contributed by atoms with Crippen LogP contribution in [0.25, 0.3) is 11.3 Å². The van der Waals surface area contributed by atoms with Crippen LogP contribution in [0.2, 0.25) is 5.02 Å². The highest BCUT2D eigenvalue weighted by Crippen LogP contribution is 2.28. The van der Waals surface area contributed by atoms with Crippen molar-refractivity contribution in [3.05, 3.63) is 47.2 Å². The molecule has 11 heteroatoms. The van der Waals surface area contributed by atoms with Crippen LogP contribution in [0.3, 0.4) is 0 Å². The van der Waals surface area contributed by atoms with E-state index in [1.807, 2.05) is 36.4 Å². The summed E-state index contributed by atoms with van der Waals surface area (Å²) in [5.74, 6) is 2.82. The van der Waals surface area contributed by atoms with E-state index in [2.05, 4.69) is 35.3 Å². The lowest BCUT2D eigenvalue weighted by Crippen LogP contribution is -2.40. The van der Waals surface area contributed by atoms with E-state index >= 15 is 0 Å². The number of aromatic nitrogens is 3. The molecule has 2 aliphatic rings. The number of morpholine rings is 2. The van der Waals surface area contributed by atoms with Gasteiger partial charge in [0.05, 0.1) is 37.7 Å². The number of hydrogen-bond acceptors (Lipinski definition) is 10. The highest BCUT2D eigenvalue weighted by atomic mass is 35.5. The number of nitrogens with zero attached hydrogens (tertiary/aromatic N) is 6. The zero-order valence-electron chi connectivity index (χ0n) is 18.0. The quantitative estimate of drug-likeness (QED) is 0.431. The van der Waals surface area contributed by atoms with E-state index in [0.29, 0.717) is 60.8 Å². The number of furan rings is 1. The molecule has 0 saturated carbocycles. The van der Waals surface area contributed by atoms with Crippen molar-refractivity contribution in [1.29, 1.82) is 0 Å². The number of anilines is 3. The molecule has 10 nitrogen and oxygen atoms in total. The van der Waals surface area contributed by atoms with Gasteiger partial charge in [-0.1, -0.05) is 23.7 Å². The lowest BCUT2D eigenvalue weighted by molar-refractivity contribution is 0.121. The Morgan fingerprint density at radius 2 is 1.48 bits per heavy atom. The Kier molecular flexibility index (Phi) is 6.66. The molecule has 5 rings (SSSR count). The lowest BCUT2D eigenvalue weighted by atomic mass is 10.2. The molecule has 2 fully saturated rings. The molecule has 0 spiro atoms. The first kappa shape index (κ1) is 21.6. The average molecular weight is 470 g/mol. The van der Waals surface area contributed by atoms with E-state index in [1.54, 1.807) is 6.21 Å². The molecular formula is C22H24ClN7O3. The number of halogens is 1. The zero-order valence-corrected chi connectivity index (χ0v) is 18.7. The Labute approximate surface area is 196 Å². The van der Waals surface area contributed by atoms with Crippen molar-refractivity contribution in [2.45, 2.75) is 0 Å². The van der Waals surface area contributed by atoms with Gasteiger partial charge >= 0.3 is 0 Å². The first-order chi connectivity index (χ1) is 16.3. The summed E-state index contributed by atoms with van der Waals surface area (Å²) in [6.07, 6.45) is 1.58. The number of nitrogens with one attached hydrogen (secondary N) is 1. The second-order valence-corrected chi connectivity index (χ2v) is 7.92. The van der Waals surface area contributed by atoms with Crippen LogP contribution in [0.1, 0.15) is 5.76 Å². The minimum absolute atomic E-state index is 0.363. The first-order valence-corrected chi connectivity index (χ1v) is 11.2. The van der Waals surface area contributed by atoms with E-state index in [0.717, 1.165) is 31.7 Å². The monoisotopic (exact) mass is 469 g/mol. The molecule has 2 saturated heterocycles. The smallest absolute Gasteiger partial charge is 0.250 e. The van der Waals surface area contributed by atoms with Crippen molar-refractivity contribution in [2.24, 2.45) is 5.10 Å². The van der Waals surface area contributed by atoms with Crippen molar-refractivity contribution >= 4 is 35.7 Å². The second-order valence-electron chi connectivity index (χ2n) is 7.51. The molecule has 1 aromatic carbocycles. The number of benzene rings is 1. The fraction of sp³-hybridized carbons (Fsp3) is 0.364. The number of ether oxygens (including phenoxy) is 2. The van der Waals surface area contributed by atoms with Gasteiger partial charge in [-0.05, 0) is 24.3 Å². The highest BCUT2D eigenvalue weighted by molar-refractivity contribution is 6.33. The van der Waals surface area contributed by atoms with Gasteiger partial charge < -0.3 is 23.7 Å². The Morgan fingerprint density at radius 3 is 2.12 bits per heavy atom. The summed E-state index contributed by atoms with van der Waals surface area (Å²) < 4.78 is 16.8. The molecule has 3 aromatic rings. The number of rotatable bonds is 6. The summed E-state index contributed by atoms with van der Waals surface area (Å²) in [4.78, 5) is 18.0. The van der Waals surface area contributed by atoms with Gasteiger partial charge in [-0.25, -0.2) is 5.43 Å². The maximum Gasteiger partial charge on any atom is 0.250 e. The van der Waals surface area contributed by atoms with Gasteiger partial charge in [0, 0.05) is 31.7 Å². The average Bonchev–Trinajstić information content (AvgIpc) is 3.34. The normalized spacial score (nSPS) is 17.0. The molecule has 33 heavy (non-hydrogen) atoms. The minimum atomic E-state index is 0.363. The second kappa shape index (κ2) is 10.2. The minimum Gasteiger partial charge on any atom is -0.455 e. The third-order valence-electron chi connectivity index (χ3n) is 5.32. The van der Waals surface area contributed by atoms with Crippen molar-refractivity contribution in [2.75, 3.05) is 67.8 Å². The van der Waals surface area contributed by atoms with Crippen LogP contribution in [-0.4, -0.2) is 73.8 Å². The first-order valence-electron chi connectivity index (χ1n) is 10.8. The summed E-state index contributed by atoms with van der Waals surface area (Å²) in [5.41, 5.74) is 3.75. The number of hydrazone groups is 1. The largest absolute Gasteiger partial charge is 0.455 e. The van der Waals surface area contributed by atoms with Gasteiger partial charge in [-0.15, -0.1) is 0 Å². The molecule has 2 aromatic heterocycles. The Balaban J connectivity index is 1.34. The molecule has 0 amide bonds. The van der Waals surface area contributed by atoms with Gasteiger partial charge in [-0.2, -0.15) is 20.1 Å². The van der Waals surface area contributed by atoms with Crippen molar-refractivity contribution in [3.8, 4) is 11.3 Å². The van der Waals surface area contributed by atoms with Crippen molar-refractivity contribution in [3.63, 3.8) is 0 Å². The predicted molar refractivity (Wildman–Crippen MR) is 126 cm³/mol. The molecular weight excluding hydrogens is 446 g/mol. The molecule has 4 heterocycles. The Bertz CT molecular complexity index is 1070. The van der Waals surface area contributed by atoms with E-state index in [4.69, 9.17) is 25.5 Å². The van der Waals surface area contributed by atoms with E-state index in [9.17, 15) is 0 Å². The zero-order chi connectivity index (χ0) is 22.5. The summed E-state index contributed by atoms with van der Waals surface area (Å²) in [6, 6.07) is 11.2. The summed E-state index contributed by atoms with van der Waals surface area (Å²) in [5, 5.41) is 4.90. The van der Waals surface area contributed by atoms with Crippen molar-refractivity contribution < 1.29 is 13.9 Å². The Morgan fingerprint density at radius 1 is 0.848 bits per heavy atom. The summed E-state index contributed by atoms with van der Waals surface area (Å²) in [7, 11) is 0. The molecule has 0 atom stereocenters.